The van der Waals surface area contributed by atoms with Crippen molar-refractivity contribution < 1.29 is 27.8 Å². The summed E-state index contributed by atoms with van der Waals surface area (Å²) in [5.74, 6) is -3.63. The monoisotopic (exact) mass is 562 g/mol. The summed E-state index contributed by atoms with van der Waals surface area (Å²) >= 11 is 0. The number of esters is 2. The Morgan fingerprint density at radius 1 is 0.700 bits per heavy atom. The summed E-state index contributed by atoms with van der Waals surface area (Å²) < 4.78 is 42.0. The molecule has 3 fully saturated rings. The van der Waals surface area contributed by atoms with E-state index < -0.39 is 23.7 Å². The fourth-order valence-electron chi connectivity index (χ4n) is 7.78. The van der Waals surface area contributed by atoms with Gasteiger partial charge in [0, 0.05) is 47.8 Å². The molecule has 1 saturated carbocycles. The lowest BCUT2D eigenvalue weighted by molar-refractivity contribution is -0.159. The van der Waals surface area contributed by atoms with Crippen LogP contribution in [0.3, 0.4) is 0 Å². The molecule has 2 saturated heterocycles. The molecule has 6 nitrogen and oxygen atoms in total. The van der Waals surface area contributed by atoms with Gasteiger partial charge in [-0.1, -0.05) is 6.07 Å². The van der Waals surface area contributed by atoms with Crippen LogP contribution in [0.1, 0.15) is 129 Å². The normalized spacial score (nSPS) is 28.1. The van der Waals surface area contributed by atoms with E-state index in [2.05, 4.69) is 38.3 Å². The first kappa shape index (κ1) is 30.9. The van der Waals surface area contributed by atoms with Gasteiger partial charge in [-0.15, -0.1) is 0 Å². The van der Waals surface area contributed by atoms with Gasteiger partial charge in [-0.2, -0.15) is 0 Å². The van der Waals surface area contributed by atoms with E-state index in [9.17, 15) is 9.59 Å². The van der Waals surface area contributed by atoms with Crippen LogP contribution in [0, 0.1) is 17.6 Å². The molecule has 0 radical (unpaired) electrons. The lowest BCUT2D eigenvalue weighted by atomic mass is 9.78. The van der Waals surface area contributed by atoms with Crippen molar-refractivity contribution in [2.24, 2.45) is 5.92 Å². The molecule has 1 aromatic carbocycles. The summed E-state index contributed by atoms with van der Waals surface area (Å²) in [6, 6.07) is 2.85. The fourth-order valence-corrected chi connectivity index (χ4v) is 7.78. The number of piperidine rings is 2. The maximum absolute atomic E-state index is 15.3. The number of hydrogen-bond acceptors (Lipinski definition) is 6. The molecule has 224 valence electrons. The molecule has 3 aliphatic rings. The molecule has 0 amide bonds. The zero-order chi connectivity index (χ0) is 29.7. The van der Waals surface area contributed by atoms with Crippen molar-refractivity contribution in [2.75, 3.05) is 0 Å². The number of rotatable bonds is 5. The largest absolute Gasteiger partial charge is 0.462 e. The van der Waals surface area contributed by atoms with Crippen LogP contribution in [0.4, 0.5) is 8.78 Å². The summed E-state index contributed by atoms with van der Waals surface area (Å²) in [5.41, 5.74) is -0.845. The number of carbonyl (C=O) groups is 2. The van der Waals surface area contributed by atoms with Crippen molar-refractivity contribution >= 4 is 11.9 Å². The third kappa shape index (κ3) is 7.41. The lowest BCUT2D eigenvalue weighted by Crippen LogP contribution is -2.59. The molecule has 4 rings (SSSR count). The number of carbonyl (C=O) groups excluding carboxylic acids is 2. The minimum Gasteiger partial charge on any atom is -0.462 e. The molecular formula is C32H48F2N2O4. The quantitative estimate of drug-likeness (QED) is 0.396. The van der Waals surface area contributed by atoms with Crippen LogP contribution in [0.25, 0.3) is 0 Å². The highest BCUT2D eigenvalue weighted by Crippen LogP contribution is 2.39. The van der Waals surface area contributed by atoms with Crippen molar-refractivity contribution in [1.29, 1.82) is 0 Å². The molecule has 0 unspecified atom stereocenters. The molecule has 0 atom stereocenters. The minimum absolute atomic E-state index is 0.120. The lowest BCUT2D eigenvalue weighted by Gasteiger charge is -2.46. The molecule has 2 heterocycles. The second-order valence-corrected chi connectivity index (χ2v) is 15.1. The zero-order valence-corrected chi connectivity index (χ0v) is 25.5. The summed E-state index contributed by atoms with van der Waals surface area (Å²) in [6.45, 7) is 16.6. The molecule has 0 aromatic heterocycles. The van der Waals surface area contributed by atoms with E-state index in [1.807, 2.05) is 27.7 Å². The van der Waals surface area contributed by atoms with Crippen molar-refractivity contribution in [3.63, 3.8) is 0 Å². The summed E-state index contributed by atoms with van der Waals surface area (Å²) in [4.78, 5) is 25.8. The predicted molar refractivity (Wildman–Crippen MR) is 151 cm³/mol. The molecule has 0 bridgehead atoms. The predicted octanol–water partition coefficient (Wildman–Crippen LogP) is 6.56. The summed E-state index contributed by atoms with van der Waals surface area (Å²) in [7, 11) is 0. The Bertz CT molecular complexity index is 1090. The molecule has 2 aliphatic heterocycles. The Balaban J connectivity index is 1.35. The maximum Gasteiger partial charge on any atom is 0.341 e. The van der Waals surface area contributed by atoms with Crippen LogP contribution < -0.4 is 10.6 Å². The first-order valence-corrected chi connectivity index (χ1v) is 14.8. The van der Waals surface area contributed by atoms with E-state index in [1.54, 1.807) is 0 Å². The molecule has 2 N–H and O–H groups in total. The van der Waals surface area contributed by atoms with Gasteiger partial charge in [0.2, 0.25) is 0 Å². The van der Waals surface area contributed by atoms with Gasteiger partial charge in [0.05, 0.1) is 11.5 Å². The van der Waals surface area contributed by atoms with E-state index in [1.165, 1.54) is 12.1 Å². The van der Waals surface area contributed by atoms with Crippen molar-refractivity contribution in [2.45, 2.75) is 147 Å². The Kier molecular flexibility index (Phi) is 8.47. The van der Waals surface area contributed by atoms with E-state index in [-0.39, 0.29) is 57.2 Å². The van der Waals surface area contributed by atoms with E-state index >= 15 is 8.78 Å². The molecule has 1 aromatic rings. The third-order valence-electron chi connectivity index (χ3n) is 8.69. The second kappa shape index (κ2) is 11.0. The van der Waals surface area contributed by atoms with Gasteiger partial charge in [0.15, 0.2) is 11.6 Å². The topological polar surface area (TPSA) is 76.7 Å². The van der Waals surface area contributed by atoms with Crippen molar-refractivity contribution in [3.8, 4) is 0 Å². The van der Waals surface area contributed by atoms with Crippen molar-refractivity contribution in [1.82, 2.24) is 10.6 Å². The van der Waals surface area contributed by atoms with Crippen LogP contribution in [0.15, 0.2) is 12.1 Å². The highest BCUT2D eigenvalue weighted by Gasteiger charge is 2.42. The highest BCUT2D eigenvalue weighted by atomic mass is 19.2. The molecule has 8 heteroatoms. The molecule has 40 heavy (non-hydrogen) atoms. The van der Waals surface area contributed by atoms with Crippen LogP contribution in [0.2, 0.25) is 0 Å². The number of ether oxygens (including phenoxy) is 2. The third-order valence-corrected chi connectivity index (χ3v) is 8.69. The van der Waals surface area contributed by atoms with Gasteiger partial charge >= 0.3 is 11.9 Å². The average molecular weight is 563 g/mol. The minimum atomic E-state index is -1.16. The summed E-state index contributed by atoms with van der Waals surface area (Å²) in [5, 5.41) is 7.12. The number of benzene rings is 1. The van der Waals surface area contributed by atoms with Gasteiger partial charge in [0.1, 0.15) is 12.2 Å². The fraction of sp³-hybridized carbons (Fsp3) is 0.750. The number of nitrogens with one attached hydrogen (secondary N) is 2. The smallest absolute Gasteiger partial charge is 0.341 e. The SMILES string of the molecule is CC1(C)CC(OC(=O)c2ccc(C3CCC(C(=O)OC4CC(C)(C)NC(C)(C)C4)CC3)c(F)c2F)CC(C)(C)N1. The number of hydrogen-bond donors (Lipinski definition) is 2. The summed E-state index contributed by atoms with van der Waals surface area (Å²) in [6.07, 6.45) is 4.39. The van der Waals surface area contributed by atoms with E-state index in [0.29, 0.717) is 38.5 Å². The van der Waals surface area contributed by atoms with Gasteiger partial charge in [0.25, 0.3) is 0 Å². The Hall–Kier alpha value is -2.06. The van der Waals surface area contributed by atoms with Gasteiger partial charge in [-0.3, -0.25) is 4.79 Å². The van der Waals surface area contributed by atoms with E-state index in [0.717, 1.165) is 12.8 Å². The molecular weight excluding hydrogens is 514 g/mol. The van der Waals surface area contributed by atoms with Crippen LogP contribution >= 0.6 is 0 Å². The first-order valence-electron chi connectivity index (χ1n) is 14.8. The average Bonchev–Trinajstić information content (AvgIpc) is 2.76. The van der Waals surface area contributed by atoms with Gasteiger partial charge in [-0.25, -0.2) is 13.6 Å². The Morgan fingerprint density at radius 2 is 1.15 bits per heavy atom. The van der Waals surface area contributed by atoms with Gasteiger partial charge in [-0.05, 0) is 98.6 Å². The van der Waals surface area contributed by atoms with Crippen LogP contribution in [-0.4, -0.2) is 46.3 Å². The maximum atomic E-state index is 15.3. The second-order valence-electron chi connectivity index (χ2n) is 15.1. The zero-order valence-electron chi connectivity index (χ0n) is 25.5. The molecule has 0 spiro atoms. The number of halogens is 2. The van der Waals surface area contributed by atoms with Crippen molar-refractivity contribution in [3.05, 3.63) is 34.9 Å². The molecule has 1 aliphatic carbocycles. The van der Waals surface area contributed by atoms with E-state index in [4.69, 9.17) is 9.47 Å². The standard InChI is InChI=1S/C32H48F2N2O4/c1-29(2)15-21(16-30(3,4)35-29)39-27(37)20-11-9-19(10-12-20)23-13-14-24(26(34)25(23)33)28(38)40-22-17-31(5,6)36-32(7,8)18-22/h13-14,19-22,35-36H,9-12,15-18H2,1-8H3. The Labute approximate surface area is 238 Å². The Morgan fingerprint density at radius 3 is 1.62 bits per heavy atom. The highest BCUT2D eigenvalue weighted by molar-refractivity contribution is 5.90. The first-order chi connectivity index (χ1) is 18.4. The van der Waals surface area contributed by atoms with Crippen LogP contribution in [0.5, 0.6) is 0 Å². The van der Waals surface area contributed by atoms with Gasteiger partial charge < -0.3 is 20.1 Å². The van der Waals surface area contributed by atoms with Crippen LogP contribution in [-0.2, 0) is 14.3 Å².